The van der Waals surface area contributed by atoms with Crippen LogP contribution in [0.15, 0.2) is 24.3 Å². The summed E-state index contributed by atoms with van der Waals surface area (Å²) >= 11 is 0. The Hall–Kier alpha value is -2.04. The van der Waals surface area contributed by atoms with Crippen LogP contribution in [0.2, 0.25) is 0 Å². The van der Waals surface area contributed by atoms with Crippen molar-refractivity contribution >= 4 is 17.5 Å². The van der Waals surface area contributed by atoms with E-state index in [9.17, 15) is 9.59 Å². The van der Waals surface area contributed by atoms with Crippen molar-refractivity contribution in [2.75, 3.05) is 11.9 Å². The van der Waals surface area contributed by atoms with Crippen molar-refractivity contribution in [1.82, 2.24) is 10.6 Å². The predicted octanol–water partition coefficient (Wildman–Crippen LogP) is 1.90. The Morgan fingerprint density at radius 1 is 1.10 bits per heavy atom. The lowest BCUT2D eigenvalue weighted by molar-refractivity contribution is -0.122. The molecule has 0 aliphatic rings. The highest BCUT2D eigenvalue weighted by atomic mass is 16.2. The number of amides is 2. The number of hydrogen-bond donors (Lipinski definition) is 3. The minimum atomic E-state index is -0.258. The highest BCUT2D eigenvalue weighted by Crippen LogP contribution is 2.14. The Balaban J connectivity index is 2.67. The van der Waals surface area contributed by atoms with E-state index < -0.39 is 0 Å². The lowest BCUT2D eigenvalue weighted by Gasteiger charge is -2.22. The lowest BCUT2D eigenvalue weighted by atomic mass is 10.0. The summed E-state index contributed by atoms with van der Waals surface area (Å²) in [4.78, 5) is 22.9. The predicted molar refractivity (Wildman–Crippen MR) is 84.9 cm³/mol. The fourth-order valence-electron chi connectivity index (χ4n) is 1.94. The van der Waals surface area contributed by atoms with Gasteiger partial charge in [0.05, 0.1) is 0 Å². The number of anilines is 1. The first-order valence-corrected chi connectivity index (χ1v) is 7.31. The van der Waals surface area contributed by atoms with E-state index in [0.717, 1.165) is 11.3 Å². The van der Waals surface area contributed by atoms with Crippen molar-refractivity contribution < 1.29 is 9.59 Å². The number of likely N-dealkylation sites (N-methyl/N-ethyl adjacent to an activating group) is 1. The zero-order valence-corrected chi connectivity index (χ0v) is 13.2. The Morgan fingerprint density at radius 3 is 2.19 bits per heavy atom. The molecule has 5 heteroatoms. The molecule has 0 fully saturated rings. The van der Waals surface area contributed by atoms with Crippen LogP contribution in [-0.4, -0.2) is 24.4 Å². The van der Waals surface area contributed by atoms with Crippen molar-refractivity contribution in [3.8, 4) is 0 Å². The average Bonchev–Trinajstić information content (AvgIpc) is 2.43. The molecule has 3 N–H and O–H groups in total. The monoisotopic (exact) mass is 291 g/mol. The number of carbonyl (C=O) groups excluding carboxylic acids is 2. The van der Waals surface area contributed by atoms with E-state index in [2.05, 4.69) is 16.0 Å². The number of carbonyl (C=O) groups is 2. The van der Waals surface area contributed by atoms with Crippen LogP contribution in [0, 0.1) is 5.92 Å². The Morgan fingerprint density at radius 2 is 1.71 bits per heavy atom. The molecule has 5 nitrogen and oxygen atoms in total. The van der Waals surface area contributed by atoms with Gasteiger partial charge in [0.1, 0.15) is 6.04 Å². The highest BCUT2D eigenvalue weighted by molar-refractivity contribution is 5.84. The van der Waals surface area contributed by atoms with Crippen molar-refractivity contribution in [1.29, 1.82) is 0 Å². The molecule has 0 radical (unpaired) electrons. The van der Waals surface area contributed by atoms with Gasteiger partial charge < -0.3 is 16.0 Å². The van der Waals surface area contributed by atoms with Crippen LogP contribution >= 0.6 is 0 Å². The standard InChI is InChI=1S/C16H25N3O2/c1-5-17-16(21)15(11(2)3)19-14-8-6-13(7-9-14)10-18-12(4)20/h6-9,11,15,19H,5,10H2,1-4H3,(H,17,21)(H,18,20). The molecule has 1 unspecified atom stereocenters. The Kier molecular flexibility index (Phi) is 6.72. The van der Waals surface area contributed by atoms with E-state index in [1.165, 1.54) is 6.92 Å². The number of nitrogens with one attached hydrogen (secondary N) is 3. The van der Waals surface area contributed by atoms with Gasteiger partial charge >= 0.3 is 0 Å². The fraction of sp³-hybridized carbons (Fsp3) is 0.500. The molecule has 21 heavy (non-hydrogen) atoms. The van der Waals surface area contributed by atoms with E-state index in [-0.39, 0.29) is 23.8 Å². The topological polar surface area (TPSA) is 70.2 Å². The molecular formula is C16H25N3O2. The summed E-state index contributed by atoms with van der Waals surface area (Å²) in [5.41, 5.74) is 1.92. The van der Waals surface area contributed by atoms with Gasteiger partial charge in [-0.2, -0.15) is 0 Å². The lowest BCUT2D eigenvalue weighted by Crippen LogP contribution is -2.42. The molecule has 1 aromatic rings. The molecule has 2 amide bonds. The molecule has 0 aromatic heterocycles. The third-order valence-electron chi connectivity index (χ3n) is 3.12. The molecule has 0 spiro atoms. The second-order valence-corrected chi connectivity index (χ2v) is 5.37. The summed E-state index contributed by atoms with van der Waals surface area (Å²) in [5, 5.41) is 8.85. The van der Waals surface area contributed by atoms with Crippen molar-refractivity contribution in [3.05, 3.63) is 29.8 Å². The number of hydrogen-bond acceptors (Lipinski definition) is 3. The summed E-state index contributed by atoms with van der Waals surface area (Å²) in [6.07, 6.45) is 0. The van der Waals surface area contributed by atoms with Crippen molar-refractivity contribution in [2.24, 2.45) is 5.92 Å². The summed E-state index contributed by atoms with van der Waals surface area (Å²) in [6.45, 7) is 8.57. The van der Waals surface area contributed by atoms with E-state index in [0.29, 0.717) is 13.1 Å². The first-order valence-electron chi connectivity index (χ1n) is 7.31. The molecule has 0 aliphatic carbocycles. The fourth-order valence-corrected chi connectivity index (χ4v) is 1.94. The molecule has 1 atom stereocenters. The number of benzene rings is 1. The average molecular weight is 291 g/mol. The smallest absolute Gasteiger partial charge is 0.242 e. The summed E-state index contributed by atoms with van der Waals surface area (Å²) in [7, 11) is 0. The van der Waals surface area contributed by atoms with Crippen LogP contribution in [0.5, 0.6) is 0 Å². The van der Waals surface area contributed by atoms with Gasteiger partial charge in [0.15, 0.2) is 0 Å². The van der Waals surface area contributed by atoms with Gasteiger partial charge in [-0.1, -0.05) is 26.0 Å². The maximum atomic E-state index is 12.0. The molecule has 0 aliphatic heterocycles. The van der Waals surface area contributed by atoms with Gasteiger partial charge in [-0.15, -0.1) is 0 Å². The van der Waals surface area contributed by atoms with Crippen LogP contribution in [0.25, 0.3) is 0 Å². The molecule has 0 bridgehead atoms. The summed E-state index contributed by atoms with van der Waals surface area (Å²) < 4.78 is 0. The molecule has 1 aromatic carbocycles. The maximum absolute atomic E-state index is 12.0. The quantitative estimate of drug-likeness (QED) is 0.718. The zero-order valence-electron chi connectivity index (χ0n) is 13.2. The van der Waals surface area contributed by atoms with Gasteiger partial charge in [0.25, 0.3) is 0 Å². The van der Waals surface area contributed by atoms with E-state index >= 15 is 0 Å². The van der Waals surface area contributed by atoms with Crippen LogP contribution in [-0.2, 0) is 16.1 Å². The third-order valence-corrected chi connectivity index (χ3v) is 3.12. The minimum absolute atomic E-state index is 0.00910. The SMILES string of the molecule is CCNC(=O)C(Nc1ccc(CNC(C)=O)cc1)C(C)C. The normalized spacial score (nSPS) is 11.9. The number of rotatable bonds is 7. The van der Waals surface area contributed by atoms with E-state index in [1.54, 1.807) is 0 Å². The maximum Gasteiger partial charge on any atom is 0.242 e. The van der Waals surface area contributed by atoms with E-state index in [4.69, 9.17) is 0 Å². The molecule has 0 heterocycles. The van der Waals surface area contributed by atoms with Gasteiger partial charge in [0.2, 0.25) is 11.8 Å². The van der Waals surface area contributed by atoms with Crippen LogP contribution < -0.4 is 16.0 Å². The minimum Gasteiger partial charge on any atom is -0.373 e. The van der Waals surface area contributed by atoms with Gasteiger partial charge in [-0.25, -0.2) is 0 Å². The molecule has 0 saturated carbocycles. The van der Waals surface area contributed by atoms with Crippen LogP contribution in [0.1, 0.15) is 33.3 Å². The van der Waals surface area contributed by atoms with Gasteiger partial charge in [0, 0.05) is 25.7 Å². The summed E-state index contributed by atoms with van der Waals surface area (Å²) in [6, 6.07) is 7.46. The van der Waals surface area contributed by atoms with Crippen LogP contribution in [0.4, 0.5) is 5.69 Å². The highest BCUT2D eigenvalue weighted by Gasteiger charge is 2.21. The molecule has 0 saturated heterocycles. The first-order chi connectivity index (χ1) is 9.93. The van der Waals surface area contributed by atoms with Crippen molar-refractivity contribution in [3.63, 3.8) is 0 Å². The molecule has 116 valence electrons. The van der Waals surface area contributed by atoms with Crippen molar-refractivity contribution in [2.45, 2.75) is 40.3 Å². The van der Waals surface area contributed by atoms with Gasteiger partial charge in [-0.3, -0.25) is 9.59 Å². The summed E-state index contributed by atoms with van der Waals surface area (Å²) in [5.74, 6) is 0.152. The second kappa shape index (κ2) is 8.29. The zero-order chi connectivity index (χ0) is 15.8. The third kappa shape index (κ3) is 5.85. The van der Waals surface area contributed by atoms with Gasteiger partial charge in [-0.05, 0) is 30.5 Å². The van der Waals surface area contributed by atoms with Crippen LogP contribution in [0.3, 0.4) is 0 Å². The Bertz CT molecular complexity index is 469. The van der Waals surface area contributed by atoms with E-state index in [1.807, 2.05) is 45.0 Å². The first kappa shape index (κ1) is 17.0. The molecule has 1 rings (SSSR count). The molecular weight excluding hydrogens is 266 g/mol. The Labute approximate surface area is 126 Å². The second-order valence-electron chi connectivity index (χ2n) is 5.37. The largest absolute Gasteiger partial charge is 0.373 e.